The lowest BCUT2D eigenvalue weighted by atomic mass is 9.98. The molecule has 2 amide bonds. The molecule has 1 aliphatic carbocycles. The van der Waals surface area contributed by atoms with E-state index in [1.54, 1.807) is 0 Å². The number of rotatable bonds is 11. The third kappa shape index (κ3) is 5.98. The van der Waals surface area contributed by atoms with E-state index in [0.29, 0.717) is 6.42 Å². The van der Waals surface area contributed by atoms with Gasteiger partial charge in [0.25, 0.3) is 0 Å². The minimum Gasteiger partial charge on any atom is -0.480 e. The van der Waals surface area contributed by atoms with Gasteiger partial charge in [-0.2, -0.15) is 0 Å². The maximum atomic E-state index is 12.7. The molecule has 0 radical (unpaired) electrons. The van der Waals surface area contributed by atoms with E-state index in [0.717, 1.165) is 22.3 Å². The Morgan fingerprint density at radius 1 is 1.00 bits per heavy atom. The molecule has 2 aromatic rings. The number of hydrogen-bond donors (Lipinski definition) is 3. The van der Waals surface area contributed by atoms with Gasteiger partial charge >= 0.3 is 12.1 Å². The number of carboxylic acid groups (broad SMARTS) is 1. The number of carbonyl (C=O) groups excluding carboxylic acids is 2. The van der Waals surface area contributed by atoms with Crippen molar-refractivity contribution in [2.24, 2.45) is 0 Å². The van der Waals surface area contributed by atoms with Gasteiger partial charge in [0.1, 0.15) is 18.7 Å². The fourth-order valence-corrected chi connectivity index (χ4v) is 4.01. The van der Waals surface area contributed by atoms with Crippen molar-refractivity contribution < 1.29 is 33.0 Å². The van der Waals surface area contributed by atoms with Crippen LogP contribution in [0.15, 0.2) is 61.2 Å². The van der Waals surface area contributed by atoms with Crippen LogP contribution >= 0.6 is 0 Å². The number of alkyl halides is 2. The number of fused-ring (bicyclic) bond motifs is 3. The highest BCUT2D eigenvalue weighted by molar-refractivity contribution is 5.89. The Balaban J connectivity index is 1.65. The van der Waals surface area contributed by atoms with Gasteiger partial charge in [-0.05, 0) is 35.1 Å². The first kappa shape index (κ1) is 24.9. The summed E-state index contributed by atoms with van der Waals surface area (Å²) in [6.45, 7) is 3.59. The molecule has 0 aromatic heterocycles. The van der Waals surface area contributed by atoms with Gasteiger partial charge in [-0.1, -0.05) is 54.6 Å². The van der Waals surface area contributed by atoms with Gasteiger partial charge in [-0.3, -0.25) is 4.79 Å². The summed E-state index contributed by atoms with van der Waals surface area (Å²) in [5, 5.41) is 13.6. The lowest BCUT2D eigenvalue weighted by molar-refractivity contribution is -0.143. The van der Waals surface area contributed by atoms with Crippen LogP contribution in [0.25, 0.3) is 11.1 Å². The monoisotopic (exact) mass is 472 g/mol. The van der Waals surface area contributed by atoms with Crippen LogP contribution in [0, 0.1) is 0 Å². The molecule has 0 saturated carbocycles. The molecule has 1 aliphatic rings. The Bertz CT molecular complexity index is 1010. The van der Waals surface area contributed by atoms with Crippen molar-refractivity contribution in [2.75, 3.05) is 6.61 Å². The van der Waals surface area contributed by atoms with Crippen LogP contribution in [0.3, 0.4) is 0 Å². The molecule has 2 aromatic carbocycles. The van der Waals surface area contributed by atoms with Gasteiger partial charge < -0.3 is 20.5 Å². The van der Waals surface area contributed by atoms with Crippen molar-refractivity contribution in [3.05, 3.63) is 72.3 Å². The van der Waals surface area contributed by atoms with Gasteiger partial charge in [-0.25, -0.2) is 18.4 Å². The Hall–Kier alpha value is -3.75. The van der Waals surface area contributed by atoms with Crippen LogP contribution in [-0.2, 0) is 14.3 Å². The van der Waals surface area contributed by atoms with Crippen molar-refractivity contribution >= 4 is 18.0 Å². The first-order valence-corrected chi connectivity index (χ1v) is 10.9. The largest absolute Gasteiger partial charge is 0.480 e. The highest BCUT2D eigenvalue weighted by Crippen LogP contribution is 2.44. The Morgan fingerprint density at radius 2 is 1.59 bits per heavy atom. The van der Waals surface area contributed by atoms with E-state index < -0.39 is 42.9 Å². The SMILES string of the molecule is C=CCCC(NC(=O)OCC1c2ccccc2-c2ccccc21)C(=O)NC(CC(F)F)C(=O)O. The number of alkyl carbamates (subject to hydrolysis) is 1. The van der Waals surface area contributed by atoms with Crippen molar-refractivity contribution in [2.45, 2.75) is 43.7 Å². The number of halogens is 2. The molecule has 7 nitrogen and oxygen atoms in total. The van der Waals surface area contributed by atoms with Crippen LogP contribution in [-0.4, -0.2) is 48.2 Å². The smallest absolute Gasteiger partial charge is 0.407 e. The number of nitrogens with one attached hydrogen (secondary N) is 2. The number of allylic oxidation sites excluding steroid dienone is 1. The van der Waals surface area contributed by atoms with Gasteiger partial charge in [0, 0.05) is 12.3 Å². The summed E-state index contributed by atoms with van der Waals surface area (Å²) >= 11 is 0. The summed E-state index contributed by atoms with van der Waals surface area (Å²) in [7, 11) is 0. The summed E-state index contributed by atoms with van der Waals surface area (Å²) in [4.78, 5) is 36.3. The number of ether oxygens (including phenoxy) is 1. The molecule has 0 bridgehead atoms. The van der Waals surface area contributed by atoms with Crippen molar-refractivity contribution in [1.82, 2.24) is 10.6 Å². The zero-order valence-corrected chi connectivity index (χ0v) is 18.4. The van der Waals surface area contributed by atoms with E-state index in [2.05, 4.69) is 17.2 Å². The number of hydrogen-bond acceptors (Lipinski definition) is 4. The average molecular weight is 472 g/mol. The summed E-state index contributed by atoms with van der Waals surface area (Å²) in [5.41, 5.74) is 4.17. The highest BCUT2D eigenvalue weighted by atomic mass is 19.3. The molecular formula is C25H26F2N2O5. The maximum Gasteiger partial charge on any atom is 0.407 e. The lowest BCUT2D eigenvalue weighted by Gasteiger charge is -2.21. The summed E-state index contributed by atoms with van der Waals surface area (Å²) in [5.74, 6) is -2.65. The van der Waals surface area contributed by atoms with Crippen LogP contribution < -0.4 is 10.6 Å². The molecule has 34 heavy (non-hydrogen) atoms. The molecule has 180 valence electrons. The molecule has 0 fully saturated rings. The summed E-state index contributed by atoms with van der Waals surface area (Å²) in [6, 6.07) is 12.7. The predicted octanol–water partition coefficient (Wildman–Crippen LogP) is 4.08. The van der Waals surface area contributed by atoms with Crippen LogP contribution in [0.1, 0.15) is 36.3 Å². The number of carbonyl (C=O) groups is 3. The topological polar surface area (TPSA) is 105 Å². The zero-order chi connectivity index (χ0) is 24.7. The fraction of sp³-hybridized carbons (Fsp3) is 0.320. The fourth-order valence-electron chi connectivity index (χ4n) is 4.01. The van der Waals surface area contributed by atoms with Crippen molar-refractivity contribution in [1.29, 1.82) is 0 Å². The molecule has 0 heterocycles. The number of aliphatic carboxylic acids is 1. The van der Waals surface area contributed by atoms with Crippen LogP contribution in [0.5, 0.6) is 0 Å². The molecular weight excluding hydrogens is 446 g/mol. The molecule has 2 atom stereocenters. The first-order chi connectivity index (χ1) is 16.3. The molecule has 2 unspecified atom stereocenters. The maximum absolute atomic E-state index is 12.7. The van der Waals surface area contributed by atoms with Gasteiger partial charge in [0.15, 0.2) is 0 Å². The summed E-state index contributed by atoms with van der Waals surface area (Å²) in [6.07, 6.45) is -2.88. The lowest BCUT2D eigenvalue weighted by Crippen LogP contribution is -2.52. The van der Waals surface area contributed by atoms with E-state index in [1.807, 2.05) is 48.5 Å². The number of amides is 2. The zero-order valence-electron chi connectivity index (χ0n) is 18.4. The van der Waals surface area contributed by atoms with Gasteiger partial charge in [0.05, 0.1) is 0 Å². The Morgan fingerprint density at radius 3 is 2.12 bits per heavy atom. The Kier molecular flexibility index (Phi) is 8.34. The van der Waals surface area contributed by atoms with Gasteiger partial charge in [-0.15, -0.1) is 6.58 Å². The minimum atomic E-state index is -2.91. The number of carboxylic acids is 1. The second kappa shape index (κ2) is 11.4. The minimum absolute atomic E-state index is 0.0266. The normalized spacial score (nSPS) is 14.0. The van der Waals surface area contributed by atoms with E-state index in [9.17, 15) is 23.2 Å². The second-order valence-electron chi connectivity index (χ2n) is 7.91. The third-order valence-electron chi connectivity index (χ3n) is 5.64. The molecule has 3 rings (SSSR count). The van der Waals surface area contributed by atoms with E-state index in [-0.39, 0.29) is 18.9 Å². The summed E-state index contributed by atoms with van der Waals surface area (Å²) < 4.78 is 30.7. The number of benzene rings is 2. The molecule has 9 heteroatoms. The van der Waals surface area contributed by atoms with Crippen LogP contribution in [0.2, 0.25) is 0 Å². The van der Waals surface area contributed by atoms with Crippen molar-refractivity contribution in [3.63, 3.8) is 0 Å². The third-order valence-corrected chi connectivity index (χ3v) is 5.64. The average Bonchev–Trinajstić information content (AvgIpc) is 3.13. The molecule has 0 aliphatic heterocycles. The van der Waals surface area contributed by atoms with E-state index >= 15 is 0 Å². The van der Waals surface area contributed by atoms with Gasteiger partial charge in [0.2, 0.25) is 12.3 Å². The molecule has 0 saturated heterocycles. The Labute approximate surface area is 195 Å². The first-order valence-electron chi connectivity index (χ1n) is 10.9. The standard InChI is InChI=1S/C25H26F2N2O5/c1-2-3-12-20(23(30)28-21(24(31)32)13-22(26)27)29-25(33)34-14-19-17-10-6-4-8-15(17)16-9-5-7-11-18(16)19/h2,4-11,19-22H,1,3,12-14H2,(H,28,30)(H,29,33)(H,31,32). The van der Waals surface area contributed by atoms with Crippen LogP contribution in [0.4, 0.5) is 13.6 Å². The van der Waals surface area contributed by atoms with E-state index in [4.69, 9.17) is 9.84 Å². The predicted molar refractivity (Wildman–Crippen MR) is 122 cm³/mol. The van der Waals surface area contributed by atoms with E-state index in [1.165, 1.54) is 6.08 Å². The second-order valence-corrected chi connectivity index (χ2v) is 7.91. The quantitative estimate of drug-likeness (QED) is 0.428. The molecule has 3 N–H and O–H groups in total. The molecule has 0 spiro atoms. The highest BCUT2D eigenvalue weighted by Gasteiger charge is 2.31. The van der Waals surface area contributed by atoms with Crippen molar-refractivity contribution in [3.8, 4) is 11.1 Å².